The zero-order valence-electron chi connectivity index (χ0n) is 11.6. The fraction of sp³-hybridized carbons (Fsp3) is 0.0667. The number of alkyl halides is 3. The highest BCUT2D eigenvalue weighted by Gasteiger charge is 2.30. The summed E-state index contributed by atoms with van der Waals surface area (Å²) in [6, 6.07) is 9.34. The lowest BCUT2D eigenvalue weighted by Gasteiger charge is -2.11. The van der Waals surface area contributed by atoms with E-state index in [1.165, 1.54) is 36.4 Å². The lowest BCUT2D eigenvalue weighted by atomic mass is 10.2. The van der Waals surface area contributed by atoms with Crippen molar-refractivity contribution in [2.75, 3.05) is 10.6 Å². The standard InChI is InChI=1S/C15H12F3N3O2/c16-15(17,18)10-4-2-6-12(8-10)21-14(23)20-11-5-1-3-9(7-11)13(19)22/h1-8H,(H2,19,22)(H2,20,21,23). The summed E-state index contributed by atoms with van der Waals surface area (Å²) >= 11 is 0. The van der Waals surface area contributed by atoms with Crippen LogP contribution in [0.4, 0.5) is 29.3 Å². The molecule has 0 aliphatic carbocycles. The van der Waals surface area contributed by atoms with Gasteiger partial charge in [0.15, 0.2) is 0 Å². The summed E-state index contributed by atoms with van der Waals surface area (Å²) in [4.78, 5) is 22.9. The Kier molecular flexibility index (Phi) is 4.54. The van der Waals surface area contributed by atoms with E-state index < -0.39 is 23.7 Å². The van der Waals surface area contributed by atoms with Gasteiger partial charge in [0.05, 0.1) is 5.56 Å². The van der Waals surface area contributed by atoms with Crippen LogP contribution in [-0.4, -0.2) is 11.9 Å². The van der Waals surface area contributed by atoms with Gasteiger partial charge in [0.2, 0.25) is 5.91 Å². The van der Waals surface area contributed by atoms with Crippen LogP contribution in [0.25, 0.3) is 0 Å². The van der Waals surface area contributed by atoms with E-state index in [-0.39, 0.29) is 16.9 Å². The largest absolute Gasteiger partial charge is 0.416 e. The second-order valence-corrected chi connectivity index (χ2v) is 4.60. The predicted molar refractivity (Wildman–Crippen MR) is 79.0 cm³/mol. The fourth-order valence-corrected chi connectivity index (χ4v) is 1.82. The Morgan fingerprint density at radius 1 is 0.913 bits per heavy atom. The molecule has 0 aliphatic heterocycles. The number of urea groups is 1. The van der Waals surface area contributed by atoms with Crippen molar-refractivity contribution in [3.8, 4) is 0 Å². The Bertz CT molecular complexity index is 745. The van der Waals surface area contributed by atoms with Crippen LogP contribution in [-0.2, 0) is 6.18 Å². The van der Waals surface area contributed by atoms with Crippen LogP contribution in [0.15, 0.2) is 48.5 Å². The topological polar surface area (TPSA) is 84.2 Å². The average Bonchev–Trinajstić information content (AvgIpc) is 2.46. The number of hydrogen-bond acceptors (Lipinski definition) is 2. The molecule has 3 amide bonds. The molecule has 2 rings (SSSR count). The van der Waals surface area contributed by atoms with E-state index in [2.05, 4.69) is 10.6 Å². The van der Waals surface area contributed by atoms with E-state index in [1.54, 1.807) is 0 Å². The van der Waals surface area contributed by atoms with Crippen LogP contribution in [0.2, 0.25) is 0 Å². The first-order valence-corrected chi connectivity index (χ1v) is 6.41. The van der Waals surface area contributed by atoms with Gasteiger partial charge in [-0.05, 0) is 36.4 Å². The number of amides is 3. The summed E-state index contributed by atoms with van der Waals surface area (Å²) in [6.07, 6.45) is -4.50. The van der Waals surface area contributed by atoms with Crippen molar-refractivity contribution in [1.29, 1.82) is 0 Å². The van der Waals surface area contributed by atoms with Crippen LogP contribution >= 0.6 is 0 Å². The summed E-state index contributed by atoms with van der Waals surface area (Å²) < 4.78 is 37.8. The minimum atomic E-state index is -4.50. The molecule has 2 aromatic rings. The molecular formula is C15H12F3N3O2. The van der Waals surface area contributed by atoms with Crippen molar-refractivity contribution in [2.45, 2.75) is 6.18 Å². The third-order valence-corrected chi connectivity index (χ3v) is 2.85. The number of anilines is 2. The quantitative estimate of drug-likeness (QED) is 0.808. The highest BCUT2D eigenvalue weighted by Crippen LogP contribution is 2.30. The maximum Gasteiger partial charge on any atom is 0.416 e. The second-order valence-electron chi connectivity index (χ2n) is 4.60. The van der Waals surface area contributed by atoms with Gasteiger partial charge in [-0.2, -0.15) is 13.2 Å². The molecule has 0 aliphatic rings. The van der Waals surface area contributed by atoms with E-state index in [9.17, 15) is 22.8 Å². The molecule has 2 aromatic carbocycles. The first-order valence-electron chi connectivity index (χ1n) is 6.41. The summed E-state index contributed by atoms with van der Waals surface area (Å²) in [7, 11) is 0. The summed E-state index contributed by atoms with van der Waals surface area (Å²) in [6.45, 7) is 0. The fourth-order valence-electron chi connectivity index (χ4n) is 1.82. The number of nitrogens with one attached hydrogen (secondary N) is 2. The van der Waals surface area contributed by atoms with Gasteiger partial charge in [0.25, 0.3) is 0 Å². The number of nitrogens with two attached hydrogens (primary N) is 1. The molecule has 0 heterocycles. The lowest BCUT2D eigenvalue weighted by Crippen LogP contribution is -2.20. The zero-order valence-corrected chi connectivity index (χ0v) is 11.6. The molecule has 120 valence electrons. The van der Waals surface area contributed by atoms with Gasteiger partial charge in [-0.1, -0.05) is 12.1 Å². The van der Waals surface area contributed by atoms with Crippen LogP contribution in [0.5, 0.6) is 0 Å². The maximum atomic E-state index is 12.6. The normalized spacial score (nSPS) is 10.9. The Balaban J connectivity index is 2.08. The Morgan fingerprint density at radius 2 is 1.48 bits per heavy atom. The van der Waals surface area contributed by atoms with Crippen molar-refractivity contribution in [3.05, 3.63) is 59.7 Å². The van der Waals surface area contributed by atoms with Gasteiger partial charge in [0, 0.05) is 16.9 Å². The molecule has 0 saturated carbocycles. The number of hydrogen-bond donors (Lipinski definition) is 3. The van der Waals surface area contributed by atoms with Crippen molar-refractivity contribution >= 4 is 23.3 Å². The summed E-state index contributed by atoms with van der Waals surface area (Å²) in [5.41, 5.74) is 4.72. The van der Waals surface area contributed by atoms with Gasteiger partial charge in [-0.15, -0.1) is 0 Å². The van der Waals surface area contributed by atoms with E-state index >= 15 is 0 Å². The van der Waals surface area contributed by atoms with Gasteiger partial charge in [-0.3, -0.25) is 4.79 Å². The third-order valence-electron chi connectivity index (χ3n) is 2.85. The van der Waals surface area contributed by atoms with E-state index in [0.717, 1.165) is 12.1 Å². The number of halogens is 3. The third kappa shape index (κ3) is 4.47. The van der Waals surface area contributed by atoms with Crippen molar-refractivity contribution < 1.29 is 22.8 Å². The van der Waals surface area contributed by atoms with E-state index in [4.69, 9.17) is 5.73 Å². The summed E-state index contributed by atoms with van der Waals surface area (Å²) in [5, 5.41) is 4.69. The highest BCUT2D eigenvalue weighted by molar-refractivity contribution is 6.01. The molecule has 0 radical (unpaired) electrons. The molecule has 0 aromatic heterocycles. The lowest BCUT2D eigenvalue weighted by molar-refractivity contribution is -0.137. The molecule has 0 atom stereocenters. The number of carbonyl (C=O) groups excluding carboxylic acids is 2. The second kappa shape index (κ2) is 6.39. The molecule has 0 bridgehead atoms. The van der Waals surface area contributed by atoms with Gasteiger partial charge in [0.1, 0.15) is 0 Å². The monoisotopic (exact) mass is 323 g/mol. The minimum absolute atomic E-state index is 0.0108. The molecule has 4 N–H and O–H groups in total. The molecule has 8 heteroatoms. The smallest absolute Gasteiger partial charge is 0.366 e. The highest BCUT2D eigenvalue weighted by atomic mass is 19.4. The Hall–Kier alpha value is -3.03. The van der Waals surface area contributed by atoms with Crippen LogP contribution < -0.4 is 16.4 Å². The number of carbonyl (C=O) groups is 2. The number of primary amides is 1. The van der Waals surface area contributed by atoms with Crippen LogP contribution in [0.3, 0.4) is 0 Å². The molecule has 0 unspecified atom stereocenters. The van der Waals surface area contributed by atoms with E-state index in [1.807, 2.05) is 0 Å². The Labute approximate surface area is 129 Å². The Morgan fingerprint density at radius 3 is 2.04 bits per heavy atom. The van der Waals surface area contributed by atoms with Crippen molar-refractivity contribution in [1.82, 2.24) is 0 Å². The first kappa shape index (κ1) is 16.3. The molecule has 5 nitrogen and oxygen atoms in total. The maximum absolute atomic E-state index is 12.6. The molecular weight excluding hydrogens is 311 g/mol. The molecule has 23 heavy (non-hydrogen) atoms. The average molecular weight is 323 g/mol. The number of rotatable bonds is 3. The van der Waals surface area contributed by atoms with Gasteiger partial charge in [-0.25, -0.2) is 4.79 Å². The summed E-state index contributed by atoms with van der Waals surface area (Å²) in [5.74, 6) is -0.660. The minimum Gasteiger partial charge on any atom is -0.366 e. The zero-order chi connectivity index (χ0) is 17.0. The van der Waals surface area contributed by atoms with Crippen molar-refractivity contribution in [2.24, 2.45) is 5.73 Å². The first-order chi connectivity index (χ1) is 10.8. The van der Waals surface area contributed by atoms with Gasteiger partial charge >= 0.3 is 12.2 Å². The molecule has 0 saturated heterocycles. The van der Waals surface area contributed by atoms with Crippen LogP contribution in [0.1, 0.15) is 15.9 Å². The number of benzene rings is 2. The molecule has 0 fully saturated rings. The molecule has 0 spiro atoms. The van der Waals surface area contributed by atoms with Crippen molar-refractivity contribution in [3.63, 3.8) is 0 Å². The van der Waals surface area contributed by atoms with Crippen LogP contribution in [0, 0.1) is 0 Å². The SMILES string of the molecule is NC(=O)c1cccc(NC(=O)Nc2cccc(C(F)(F)F)c2)c1. The predicted octanol–water partition coefficient (Wildman–Crippen LogP) is 3.45. The van der Waals surface area contributed by atoms with Gasteiger partial charge < -0.3 is 16.4 Å². The van der Waals surface area contributed by atoms with E-state index in [0.29, 0.717) is 0 Å².